The number of ether oxygens (including phenoxy) is 1. The molecular weight excluding hydrogens is 259 g/mol. The van der Waals surface area contributed by atoms with E-state index >= 15 is 0 Å². The second-order valence-electron chi connectivity index (χ2n) is 4.33. The summed E-state index contributed by atoms with van der Waals surface area (Å²) in [5.41, 5.74) is 1.33. The fourth-order valence-corrected chi connectivity index (χ4v) is 1.77. The molecule has 0 aliphatic rings. The Morgan fingerprint density at radius 3 is 2.95 bits per heavy atom. The number of methoxy groups -OCH3 is 1. The first-order chi connectivity index (χ1) is 9.61. The Morgan fingerprint density at radius 1 is 1.40 bits per heavy atom. The van der Waals surface area contributed by atoms with Crippen molar-refractivity contribution in [1.29, 1.82) is 0 Å². The molecule has 1 amide bonds. The number of nitrogens with zero attached hydrogens (tertiary/aromatic N) is 1. The third-order valence-corrected chi connectivity index (χ3v) is 2.90. The molecule has 0 fully saturated rings. The first kappa shape index (κ1) is 14.0. The third kappa shape index (κ3) is 3.12. The normalized spacial score (nSPS) is 10.2. The van der Waals surface area contributed by atoms with E-state index in [1.54, 1.807) is 37.4 Å². The molecule has 1 aromatic carbocycles. The fourth-order valence-electron chi connectivity index (χ4n) is 1.77. The number of amides is 1. The van der Waals surface area contributed by atoms with Gasteiger partial charge in [0.15, 0.2) is 0 Å². The van der Waals surface area contributed by atoms with Crippen molar-refractivity contribution in [3.05, 3.63) is 59.0 Å². The summed E-state index contributed by atoms with van der Waals surface area (Å²) in [4.78, 5) is 15.9. The maximum absolute atomic E-state index is 13.8. The van der Waals surface area contributed by atoms with Crippen molar-refractivity contribution < 1.29 is 13.9 Å². The van der Waals surface area contributed by atoms with Gasteiger partial charge in [-0.3, -0.25) is 4.79 Å². The van der Waals surface area contributed by atoms with Gasteiger partial charge in [-0.05, 0) is 30.2 Å². The third-order valence-electron chi connectivity index (χ3n) is 2.90. The van der Waals surface area contributed by atoms with Gasteiger partial charge in [0, 0.05) is 18.8 Å². The number of hydrogen-bond acceptors (Lipinski definition) is 3. The lowest BCUT2D eigenvalue weighted by atomic mass is 10.1. The number of rotatable bonds is 4. The van der Waals surface area contributed by atoms with Crippen LogP contribution in [-0.4, -0.2) is 18.0 Å². The predicted molar refractivity (Wildman–Crippen MR) is 73.1 cm³/mol. The molecule has 2 rings (SSSR count). The largest absolute Gasteiger partial charge is 0.481 e. The van der Waals surface area contributed by atoms with Crippen LogP contribution in [0.15, 0.2) is 36.5 Å². The molecule has 0 atom stereocenters. The van der Waals surface area contributed by atoms with Crippen molar-refractivity contribution >= 4 is 5.91 Å². The van der Waals surface area contributed by atoms with Crippen LogP contribution in [0.2, 0.25) is 0 Å². The van der Waals surface area contributed by atoms with Crippen LogP contribution in [0.3, 0.4) is 0 Å². The fraction of sp³-hybridized carbons (Fsp3) is 0.200. The van der Waals surface area contributed by atoms with Crippen molar-refractivity contribution in [3.63, 3.8) is 0 Å². The van der Waals surface area contributed by atoms with E-state index < -0.39 is 11.7 Å². The van der Waals surface area contributed by atoms with Gasteiger partial charge in [-0.1, -0.05) is 12.1 Å². The summed E-state index contributed by atoms with van der Waals surface area (Å²) in [5.74, 6) is -0.460. The Balaban J connectivity index is 2.06. The predicted octanol–water partition coefficient (Wildman–Crippen LogP) is 2.47. The number of aromatic nitrogens is 1. The minimum absolute atomic E-state index is 0.0472. The Morgan fingerprint density at radius 2 is 2.20 bits per heavy atom. The second kappa shape index (κ2) is 6.14. The number of pyridine rings is 1. The zero-order chi connectivity index (χ0) is 14.5. The molecule has 104 valence electrons. The highest BCUT2D eigenvalue weighted by atomic mass is 19.1. The molecule has 0 bridgehead atoms. The molecule has 0 spiro atoms. The number of carbonyl (C=O) groups excluding carboxylic acids is 1. The number of nitrogens with one attached hydrogen (secondary N) is 1. The molecule has 0 saturated carbocycles. The van der Waals surface area contributed by atoms with Crippen molar-refractivity contribution in [3.8, 4) is 5.88 Å². The SMILES string of the molecule is COc1cc(CNC(=O)c2cccc(C)c2F)ccn1. The first-order valence-corrected chi connectivity index (χ1v) is 6.14. The van der Waals surface area contributed by atoms with E-state index in [9.17, 15) is 9.18 Å². The lowest BCUT2D eigenvalue weighted by molar-refractivity contribution is 0.0946. The van der Waals surface area contributed by atoms with Gasteiger partial charge in [-0.2, -0.15) is 0 Å². The van der Waals surface area contributed by atoms with E-state index in [-0.39, 0.29) is 12.1 Å². The zero-order valence-electron chi connectivity index (χ0n) is 11.3. The Kier molecular flexibility index (Phi) is 4.30. The lowest BCUT2D eigenvalue weighted by Crippen LogP contribution is -2.24. The summed E-state index contributed by atoms with van der Waals surface area (Å²) < 4.78 is 18.8. The number of carbonyl (C=O) groups is 1. The van der Waals surface area contributed by atoms with Crippen LogP contribution in [-0.2, 0) is 6.54 Å². The summed E-state index contributed by atoms with van der Waals surface area (Å²) in [6, 6.07) is 8.22. The second-order valence-corrected chi connectivity index (χ2v) is 4.33. The highest BCUT2D eigenvalue weighted by molar-refractivity contribution is 5.94. The van der Waals surface area contributed by atoms with Crippen LogP contribution in [0.5, 0.6) is 5.88 Å². The molecule has 20 heavy (non-hydrogen) atoms. The van der Waals surface area contributed by atoms with Crippen molar-refractivity contribution in [1.82, 2.24) is 10.3 Å². The Hall–Kier alpha value is -2.43. The molecule has 1 N–H and O–H groups in total. The molecular formula is C15H15FN2O2. The molecule has 0 unspecified atom stereocenters. The first-order valence-electron chi connectivity index (χ1n) is 6.14. The van der Waals surface area contributed by atoms with E-state index in [1.807, 2.05) is 0 Å². The van der Waals surface area contributed by atoms with E-state index in [2.05, 4.69) is 10.3 Å². The molecule has 2 aromatic rings. The van der Waals surface area contributed by atoms with Gasteiger partial charge in [0.2, 0.25) is 5.88 Å². The summed E-state index contributed by atoms with van der Waals surface area (Å²) in [6.07, 6.45) is 1.59. The van der Waals surface area contributed by atoms with Crippen LogP contribution in [0.1, 0.15) is 21.5 Å². The number of aryl methyl sites for hydroxylation is 1. The lowest BCUT2D eigenvalue weighted by Gasteiger charge is -2.08. The van der Waals surface area contributed by atoms with Gasteiger partial charge in [-0.25, -0.2) is 9.37 Å². The average molecular weight is 274 g/mol. The highest BCUT2D eigenvalue weighted by Crippen LogP contribution is 2.12. The average Bonchev–Trinajstić information content (AvgIpc) is 2.48. The van der Waals surface area contributed by atoms with Crippen LogP contribution < -0.4 is 10.1 Å². The van der Waals surface area contributed by atoms with Gasteiger partial charge >= 0.3 is 0 Å². The molecule has 4 nitrogen and oxygen atoms in total. The molecule has 0 aliphatic heterocycles. The molecule has 5 heteroatoms. The van der Waals surface area contributed by atoms with Crippen LogP contribution in [0.4, 0.5) is 4.39 Å². The zero-order valence-corrected chi connectivity index (χ0v) is 11.3. The maximum atomic E-state index is 13.8. The van der Waals surface area contributed by atoms with E-state index in [4.69, 9.17) is 4.74 Å². The van der Waals surface area contributed by atoms with Crippen LogP contribution >= 0.6 is 0 Å². The van der Waals surface area contributed by atoms with Crippen LogP contribution in [0, 0.1) is 12.7 Å². The molecule has 1 heterocycles. The van der Waals surface area contributed by atoms with E-state index in [1.165, 1.54) is 13.2 Å². The monoisotopic (exact) mass is 274 g/mol. The van der Waals surface area contributed by atoms with Crippen molar-refractivity contribution in [2.75, 3.05) is 7.11 Å². The number of hydrogen-bond donors (Lipinski definition) is 1. The summed E-state index contributed by atoms with van der Waals surface area (Å²) in [6.45, 7) is 1.91. The molecule has 0 aliphatic carbocycles. The summed E-state index contributed by atoms with van der Waals surface area (Å²) in [7, 11) is 1.52. The van der Waals surface area contributed by atoms with Crippen LogP contribution in [0.25, 0.3) is 0 Å². The topological polar surface area (TPSA) is 51.2 Å². The van der Waals surface area contributed by atoms with Crippen molar-refractivity contribution in [2.45, 2.75) is 13.5 Å². The smallest absolute Gasteiger partial charge is 0.254 e. The van der Waals surface area contributed by atoms with Crippen molar-refractivity contribution in [2.24, 2.45) is 0 Å². The standard InChI is InChI=1S/C15H15FN2O2/c1-10-4-3-5-12(14(10)16)15(19)18-9-11-6-7-17-13(8-11)20-2/h3-8H,9H2,1-2H3,(H,18,19). The van der Waals surface area contributed by atoms with Gasteiger partial charge in [-0.15, -0.1) is 0 Å². The van der Waals surface area contributed by atoms with Gasteiger partial charge < -0.3 is 10.1 Å². The molecule has 0 saturated heterocycles. The summed E-state index contributed by atoms with van der Waals surface area (Å²) in [5, 5.41) is 2.67. The van der Waals surface area contributed by atoms with E-state index in [0.717, 1.165) is 5.56 Å². The summed E-state index contributed by atoms with van der Waals surface area (Å²) >= 11 is 0. The minimum Gasteiger partial charge on any atom is -0.481 e. The Labute approximate surface area is 116 Å². The van der Waals surface area contributed by atoms with Gasteiger partial charge in [0.1, 0.15) is 5.82 Å². The number of benzene rings is 1. The highest BCUT2D eigenvalue weighted by Gasteiger charge is 2.12. The number of halogens is 1. The van der Waals surface area contributed by atoms with Gasteiger partial charge in [0.05, 0.1) is 12.7 Å². The van der Waals surface area contributed by atoms with E-state index in [0.29, 0.717) is 11.4 Å². The van der Waals surface area contributed by atoms with Gasteiger partial charge in [0.25, 0.3) is 5.91 Å². The quantitative estimate of drug-likeness (QED) is 0.931. The Bertz CT molecular complexity index is 629. The molecule has 0 radical (unpaired) electrons. The minimum atomic E-state index is -0.489. The molecule has 1 aromatic heterocycles. The maximum Gasteiger partial charge on any atom is 0.254 e.